The summed E-state index contributed by atoms with van der Waals surface area (Å²) in [6.07, 6.45) is 2.41. The van der Waals surface area contributed by atoms with E-state index in [2.05, 4.69) is 4.90 Å². The Balaban J connectivity index is 1.97. The van der Waals surface area contributed by atoms with E-state index >= 15 is 0 Å². The minimum Gasteiger partial charge on any atom is -0.381 e. The number of nitrogens with two attached hydrogens (primary N) is 1. The molecule has 0 atom stereocenters. The lowest BCUT2D eigenvalue weighted by Crippen LogP contribution is -2.36. The Hall–Kier alpha value is -0.970. The maximum absolute atomic E-state index is 13.7. The van der Waals surface area contributed by atoms with Gasteiger partial charge in [-0.05, 0) is 24.5 Å². The van der Waals surface area contributed by atoms with Gasteiger partial charge in [0, 0.05) is 38.9 Å². The standard InChI is InChI=1S/C14H21FN2O/c1-18-13-4-6-17(7-5-13)10-12-8-11(9-16)2-3-14(12)15/h2-3,8,13H,4-7,9-10,16H2,1H3. The van der Waals surface area contributed by atoms with Crippen molar-refractivity contribution in [3.63, 3.8) is 0 Å². The molecule has 1 aliphatic heterocycles. The van der Waals surface area contributed by atoms with Gasteiger partial charge in [-0.25, -0.2) is 4.39 Å². The van der Waals surface area contributed by atoms with Crippen molar-refractivity contribution in [3.05, 3.63) is 35.1 Å². The van der Waals surface area contributed by atoms with E-state index in [1.165, 1.54) is 6.07 Å². The molecule has 18 heavy (non-hydrogen) atoms. The van der Waals surface area contributed by atoms with E-state index in [-0.39, 0.29) is 5.82 Å². The number of likely N-dealkylation sites (tertiary alicyclic amines) is 1. The van der Waals surface area contributed by atoms with Crippen molar-refractivity contribution in [3.8, 4) is 0 Å². The largest absolute Gasteiger partial charge is 0.381 e. The summed E-state index contributed by atoms with van der Waals surface area (Å²) < 4.78 is 19.0. The molecule has 0 bridgehead atoms. The molecule has 0 aliphatic carbocycles. The maximum atomic E-state index is 13.7. The van der Waals surface area contributed by atoms with E-state index in [4.69, 9.17) is 10.5 Å². The van der Waals surface area contributed by atoms with Gasteiger partial charge in [-0.2, -0.15) is 0 Å². The van der Waals surface area contributed by atoms with Crippen molar-refractivity contribution in [1.82, 2.24) is 4.90 Å². The zero-order chi connectivity index (χ0) is 13.0. The molecule has 0 spiro atoms. The molecule has 1 saturated heterocycles. The molecule has 100 valence electrons. The highest BCUT2D eigenvalue weighted by atomic mass is 19.1. The second-order valence-electron chi connectivity index (χ2n) is 4.84. The average molecular weight is 252 g/mol. The first-order valence-electron chi connectivity index (χ1n) is 6.45. The van der Waals surface area contributed by atoms with E-state index in [0.717, 1.165) is 37.1 Å². The molecule has 2 rings (SSSR count). The number of benzene rings is 1. The van der Waals surface area contributed by atoms with E-state index in [9.17, 15) is 4.39 Å². The summed E-state index contributed by atoms with van der Waals surface area (Å²) in [4.78, 5) is 2.27. The first-order chi connectivity index (χ1) is 8.72. The van der Waals surface area contributed by atoms with Crippen LogP contribution in [0, 0.1) is 5.82 Å². The van der Waals surface area contributed by atoms with Gasteiger partial charge in [0.2, 0.25) is 0 Å². The average Bonchev–Trinajstić information content (AvgIpc) is 2.42. The predicted molar refractivity (Wildman–Crippen MR) is 69.6 cm³/mol. The molecule has 4 heteroatoms. The van der Waals surface area contributed by atoms with Crippen LogP contribution in [0.3, 0.4) is 0 Å². The van der Waals surface area contributed by atoms with Crippen LogP contribution in [-0.4, -0.2) is 31.2 Å². The summed E-state index contributed by atoms with van der Waals surface area (Å²) in [5, 5.41) is 0. The van der Waals surface area contributed by atoms with Gasteiger partial charge in [-0.3, -0.25) is 4.90 Å². The topological polar surface area (TPSA) is 38.5 Å². The third-order valence-electron chi connectivity index (χ3n) is 3.61. The molecule has 1 aromatic carbocycles. The van der Waals surface area contributed by atoms with Gasteiger partial charge in [-0.1, -0.05) is 12.1 Å². The van der Waals surface area contributed by atoms with Crippen LogP contribution in [0.1, 0.15) is 24.0 Å². The number of piperidine rings is 1. The third kappa shape index (κ3) is 3.28. The second kappa shape index (κ2) is 6.27. The zero-order valence-corrected chi connectivity index (χ0v) is 10.9. The summed E-state index contributed by atoms with van der Waals surface area (Å²) in [7, 11) is 1.75. The number of rotatable bonds is 4. The molecule has 0 aromatic heterocycles. The Morgan fingerprint density at radius 2 is 2.11 bits per heavy atom. The molecule has 1 aromatic rings. The zero-order valence-electron chi connectivity index (χ0n) is 10.9. The van der Waals surface area contributed by atoms with E-state index in [1.807, 2.05) is 6.07 Å². The molecule has 3 nitrogen and oxygen atoms in total. The Morgan fingerprint density at radius 3 is 2.72 bits per heavy atom. The smallest absolute Gasteiger partial charge is 0.127 e. The SMILES string of the molecule is COC1CCN(Cc2cc(CN)ccc2F)CC1. The van der Waals surface area contributed by atoms with Crippen LogP contribution in [0.2, 0.25) is 0 Å². The van der Waals surface area contributed by atoms with Crippen molar-refractivity contribution >= 4 is 0 Å². The highest BCUT2D eigenvalue weighted by molar-refractivity contribution is 5.25. The van der Waals surface area contributed by atoms with Gasteiger partial charge in [-0.15, -0.1) is 0 Å². The number of hydrogen-bond donors (Lipinski definition) is 1. The summed E-state index contributed by atoms with van der Waals surface area (Å²) in [6, 6.07) is 5.13. The van der Waals surface area contributed by atoms with Gasteiger partial charge < -0.3 is 10.5 Å². The predicted octanol–water partition coefficient (Wildman–Crippen LogP) is 1.90. The molecule has 0 radical (unpaired) electrons. The van der Waals surface area contributed by atoms with Crippen molar-refractivity contribution < 1.29 is 9.13 Å². The normalized spacial score (nSPS) is 18.2. The first kappa shape index (κ1) is 13.5. The second-order valence-corrected chi connectivity index (χ2v) is 4.84. The fourth-order valence-electron chi connectivity index (χ4n) is 2.42. The van der Waals surface area contributed by atoms with Crippen LogP contribution in [0.5, 0.6) is 0 Å². The van der Waals surface area contributed by atoms with Gasteiger partial charge in [0.05, 0.1) is 6.10 Å². The fraction of sp³-hybridized carbons (Fsp3) is 0.571. The molecular formula is C14H21FN2O. The van der Waals surface area contributed by atoms with E-state index < -0.39 is 0 Å². The van der Waals surface area contributed by atoms with Crippen molar-refractivity contribution in [2.75, 3.05) is 20.2 Å². The molecule has 1 heterocycles. The van der Waals surface area contributed by atoms with Crippen LogP contribution in [0.15, 0.2) is 18.2 Å². The molecule has 1 aliphatic rings. The van der Waals surface area contributed by atoms with Crippen LogP contribution >= 0.6 is 0 Å². The van der Waals surface area contributed by atoms with Crippen LogP contribution in [0.4, 0.5) is 4.39 Å². The highest BCUT2D eigenvalue weighted by Crippen LogP contribution is 2.18. The lowest BCUT2D eigenvalue weighted by Gasteiger charge is -2.31. The number of halogens is 1. The molecule has 1 fully saturated rings. The molecule has 0 saturated carbocycles. The Kier molecular flexibility index (Phi) is 4.69. The molecule has 2 N–H and O–H groups in total. The molecule has 0 amide bonds. The van der Waals surface area contributed by atoms with Crippen LogP contribution in [-0.2, 0) is 17.8 Å². The lowest BCUT2D eigenvalue weighted by atomic mass is 10.1. The summed E-state index contributed by atoms with van der Waals surface area (Å²) >= 11 is 0. The quantitative estimate of drug-likeness (QED) is 0.889. The maximum Gasteiger partial charge on any atom is 0.127 e. The van der Waals surface area contributed by atoms with Crippen LogP contribution in [0.25, 0.3) is 0 Å². The van der Waals surface area contributed by atoms with Gasteiger partial charge >= 0.3 is 0 Å². The van der Waals surface area contributed by atoms with Crippen LogP contribution < -0.4 is 5.73 Å². The van der Waals surface area contributed by atoms with E-state index in [0.29, 0.717) is 19.2 Å². The van der Waals surface area contributed by atoms with Crippen molar-refractivity contribution in [2.24, 2.45) is 5.73 Å². The Morgan fingerprint density at radius 1 is 1.39 bits per heavy atom. The summed E-state index contributed by atoms with van der Waals surface area (Å²) in [5.41, 5.74) is 7.31. The van der Waals surface area contributed by atoms with Crippen molar-refractivity contribution in [2.45, 2.75) is 32.0 Å². The minimum absolute atomic E-state index is 0.138. The van der Waals surface area contributed by atoms with E-state index in [1.54, 1.807) is 13.2 Å². The molecule has 0 unspecified atom stereocenters. The number of methoxy groups -OCH3 is 1. The number of ether oxygens (including phenoxy) is 1. The summed E-state index contributed by atoms with van der Waals surface area (Å²) in [6.45, 7) is 3.05. The van der Waals surface area contributed by atoms with Crippen molar-refractivity contribution in [1.29, 1.82) is 0 Å². The summed E-state index contributed by atoms with van der Waals surface area (Å²) in [5.74, 6) is -0.138. The lowest BCUT2D eigenvalue weighted by molar-refractivity contribution is 0.0386. The first-order valence-corrected chi connectivity index (χ1v) is 6.45. The molecular weight excluding hydrogens is 231 g/mol. The Bertz CT molecular complexity index is 389. The van der Waals surface area contributed by atoms with Gasteiger partial charge in [0.15, 0.2) is 0 Å². The fourth-order valence-corrected chi connectivity index (χ4v) is 2.42. The monoisotopic (exact) mass is 252 g/mol. The number of hydrogen-bond acceptors (Lipinski definition) is 3. The minimum atomic E-state index is -0.138. The number of nitrogens with zero attached hydrogens (tertiary/aromatic N) is 1. The highest BCUT2D eigenvalue weighted by Gasteiger charge is 2.19. The van der Waals surface area contributed by atoms with Gasteiger partial charge in [0.1, 0.15) is 5.82 Å². The van der Waals surface area contributed by atoms with Gasteiger partial charge in [0.25, 0.3) is 0 Å². The Labute approximate surface area is 108 Å². The third-order valence-corrected chi connectivity index (χ3v) is 3.61.